The number of nitrogen functional groups attached to an aromatic ring is 1. The molecule has 0 saturated heterocycles. The number of rotatable bonds is 3. The molecule has 0 atom stereocenters. The number of para-hydroxylation sites is 1. The van der Waals surface area contributed by atoms with E-state index in [-0.39, 0.29) is 0 Å². The summed E-state index contributed by atoms with van der Waals surface area (Å²) in [7, 11) is 0. The first-order valence-electron chi connectivity index (χ1n) is 5.77. The van der Waals surface area contributed by atoms with Crippen LogP contribution < -0.4 is 11.1 Å². The van der Waals surface area contributed by atoms with E-state index in [1.807, 2.05) is 25.1 Å². The van der Waals surface area contributed by atoms with Crippen LogP contribution in [0.3, 0.4) is 0 Å². The van der Waals surface area contributed by atoms with Gasteiger partial charge in [-0.25, -0.2) is 4.98 Å². The van der Waals surface area contributed by atoms with E-state index in [1.54, 1.807) is 6.20 Å². The first-order valence-corrected chi connectivity index (χ1v) is 5.77. The van der Waals surface area contributed by atoms with Crippen molar-refractivity contribution in [1.82, 2.24) is 4.98 Å². The molecule has 3 nitrogen and oxygen atoms in total. The minimum Gasteiger partial charge on any atom is -0.397 e. The molecule has 3 N–H and O–H groups in total. The number of aryl methyl sites for hydroxylation is 2. The molecule has 0 saturated carbocycles. The van der Waals surface area contributed by atoms with Crippen LogP contribution in [0, 0.1) is 6.92 Å². The number of nitrogens with zero attached hydrogens (tertiary/aromatic N) is 1. The Hall–Kier alpha value is -2.03. The van der Waals surface area contributed by atoms with Crippen LogP contribution in [0.2, 0.25) is 0 Å². The van der Waals surface area contributed by atoms with Crippen molar-refractivity contribution < 1.29 is 0 Å². The van der Waals surface area contributed by atoms with Crippen LogP contribution in [-0.4, -0.2) is 4.98 Å². The molecule has 1 aromatic heterocycles. The Morgan fingerprint density at radius 1 is 1.29 bits per heavy atom. The molecule has 0 amide bonds. The zero-order valence-electron chi connectivity index (χ0n) is 10.2. The lowest BCUT2D eigenvalue weighted by atomic mass is 10.1. The first-order chi connectivity index (χ1) is 8.20. The molecule has 0 fully saturated rings. The lowest BCUT2D eigenvalue weighted by Crippen LogP contribution is -1.99. The van der Waals surface area contributed by atoms with Crippen molar-refractivity contribution in [3.05, 3.63) is 47.7 Å². The van der Waals surface area contributed by atoms with Crippen LogP contribution >= 0.6 is 0 Å². The molecule has 2 rings (SSSR count). The highest BCUT2D eigenvalue weighted by atomic mass is 15.0. The van der Waals surface area contributed by atoms with Crippen molar-refractivity contribution in [2.45, 2.75) is 20.3 Å². The van der Waals surface area contributed by atoms with Gasteiger partial charge >= 0.3 is 0 Å². The quantitative estimate of drug-likeness (QED) is 0.846. The summed E-state index contributed by atoms with van der Waals surface area (Å²) in [5, 5.41) is 3.32. The second kappa shape index (κ2) is 4.87. The number of nitrogens with one attached hydrogen (secondary N) is 1. The van der Waals surface area contributed by atoms with Gasteiger partial charge in [-0.2, -0.15) is 0 Å². The molecule has 0 aliphatic heterocycles. The van der Waals surface area contributed by atoms with Crippen molar-refractivity contribution in [3.8, 4) is 0 Å². The molecule has 1 heterocycles. The number of benzene rings is 1. The topological polar surface area (TPSA) is 50.9 Å². The van der Waals surface area contributed by atoms with Gasteiger partial charge in [-0.3, -0.25) is 0 Å². The van der Waals surface area contributed by atoms with Crippen LogP contribution in [0.15, 0.2) is 36.5 Å². The zero-order chi connectivity index (χ0) is 12.3. The van der Waals surface area contributed by atoms with Crippen molar-refractivity contribution in [2.24, 2.45) is 0 Å². The van der Waals surface area contributed by atoms with Gasteiger partial charge in [0.25, 0.3) is 0 Å². The molecule has 0 aliphatic carbocycles. The van der Waals surface area contributed by atoms with Crippen molar-refractivity contribution in [3.63, 3.8) is 0 Å². The average molecular weight is 227 g/mol. The largest absolute Gasteiger partial charge is 0.397 e. The number of pyridine rings is 1. The highest BCUT2D eigenvalue weighted by molar-refractivity contribution is 5.62. The standard InChI is InChI=1S/C14H17N3/c1-3-11-6-4-5-7-13(11)17-14-8-10(2)12(15)9-16-14/h4-9H,3,15H2,1-2H3,(H,16,17). The van der Waals surface area contributed by atoms with Crippen molar-refractivity contribution >= 4 is 17.2 Å². The SMILES string of the molecule is CCc1ccccc1Nc1cc(C)c(N)cn1. The molecule has 0 unspecified atom stereocenters. The Morgan fingerprint density at radius 2 is 2.06 bits per heavy atom. The van der Waals surface area contributed by atoms with Gasteiger partial charge in [-0.1, -0.05) is 25.1 Å². The smallest absolute Gasteiger partial charge is 0.130 e. The molecular weight excluding hydrogens is 210 g/mol. The maximum Gasteiger partial charge on any atom is 0.130 e. The molecule has 1 aromatic carbocycles. The Labute approximate surface area is 102 Å². The fraction of sp³-hybridized carbons (Fsp3) is 0.214. The minimum atomic E-state index is 0.722. The Balaban J connectivity index is 2.28. The van der Waals surface area contributed by atoms with E-state index in [0.29, 0.717) is 0 Å². The van der Waals surface area contributed by atoms with Gasteiger partial charge in [0.2, 0.25) is 0 Å². The highest BCUT2D eigenvalue weighted by Crippen LogP contribution is 2.21. The van der Waals surface area contributed by atoms with Crippen LogP contribution in [0.25, 0.3) is 0 Å². The van der Waals surface area contributed by atoms with Gasteiger partial charge in [-0.05, 0) is 36.6 Å². The van der Waals surface area contributed by atoms with Gasteiger partial charge in [0.15, 0.2) is 0 Å². The summed E-state index contributed by atoms with van der Waals surface area (Å²) >= 11 is 0. The van der Waals surface area contributed by atoms with Gasteiger partial charge in [0.1, 0.15) is 5.82 Å². The number of hydrogen-bond donors (Lipinski definition) is 2. The second-order valence-corrected chi connectivity index (χ2v) is 4.06. The number of aromatic nitrogens is 1. The first kappa shape index (κ1) is 11.5. The number of hydrogen-bond acceptors (Lipinski definition) is 3. The summed E-state index contributed by atoms with van der Waals surface area (Å²) in [6.45, 7) is 4.12. The van der Waals surface area contributed by atoms with E-state index in [9.17, 15) is 0 Å². The van der Waals surface area contributed by atoms with Crippen molar-refractivity contribution in [2.75, 3.05) is 11.1 Å². The summed E-state index contributed by atoms with van der Waals surface area (Å²) in [5.74, 6) is 0.831. The van der Waals surface area contributed by atoms with E-state index in [0.717, 1.165) is 29.2 Å². The van der Waals surface area contributed by atoms with Gasteiger partial charge < -0.3 is 11.1 Å². The lowest BCUT2D eigenvalue weighted by Gasteiger charge is -2.11. The Kier molecular flexibility index (Phi) is 3.28. The summed E-state index contributed by atoms with van der Waals surface area (Å²) in [6, 6.07) is 10.2. The van der Waals surface area contributed by atoms with Gasteiger partial charge in [-0.15, -0.1) is 0 Å². The molecule has 2 aromatic rings. The predicted octanol–water partition coefficient (Wildman–Crippen LogP) is 3.28. The van der Waals surface area contributed by atoms with Crippen LogP contribution in [0.5, 0.6) is 0 Å². The third kappa shape index (κ3) is 2.56. The summed E-state index contributed by atoms with van der Waals surface area (Å²) in [6.07, 6.45) is 2.68. The normalized spacial score (nSPS) is 10.2. The molecule has 88 valence electrons. The molecule has 0 radical (unpaired) electrons. The number of anilines is 3. The molecule has 0 bridgehead atoms. The average Bonchev–Trinajstić information content (AvgIpc) is 2.34. The van der Waals surface area contributed by atoms with Crippen molar-refractivity contribution in [1.29, 1.82) is 0 Å². The minimum absolute atomic E-state index is 0.722. The Morgan fingerprint density at radius 3 is 2.76 bits per heavy atom. The van der Waals surface area contributed by atoms with E-state index in [4.69, 9.17) is 5.73 Å². The number of nitrogens with two attached hydrogens (primary N) is 1. The third-order valence-corrected chi connectivity index (χ3v) is 2.81. The maximum atomic E-state index is 5.75. The third-order valence-electron chi connectivity index (χ3n) is 2.81. The molecule has 0 aliphatic rings. The predicted molar refractivity (Wildman–Crippen MR) is 72.5 cm³/mol. The summed E-state index contributed by atoms with van der Waals surface area (Å²) in [5.41, 5.74) is 9.89. The maximum absolute atomic E-state index is 5.75. The highest BCUT2D eigenvalue weighted by Gasteiger charge is 2.02. The molecular formula is C14H17N3. The zero-order valence-corrected chi connectivity index (χ0v) is 10.2. The molecule has 3 heteroatoms. The summed E-state index contributed by atoms with van der Waals surface area (Å²) < 4.78 is 0. The van der Waals surface area contributed by atoms with E-state index in [1.165, 1.54) is 5.56 Å². The summed E-state index contributed by atoms with van der Waals surface area (Å²) in [4.78, 5) is 4.27. The monoisotopic (exact) mass is 227 g/mol. The molecule has 17 heavy (non-hydrogen) atoms. The van der Waals surface area contributed by atoms with E-state index >= 15 is 0 Å². The van der Waals surface area contributed by atoms with Gasteiger partial charge in [0, 0.05) is 5.69 Å². The fourth-order valence-electron chi connectivity index (χ4n) is 1.72. The van der Waals surface area contributed by atoms with E-state index in [2.05, 4.69) is 29.4 Å². The molecule has 0 spiro atoms. The van der Waals surface area contributed by atoms with Crippen LogP contribution in [0.4, 0.5) is 17.2 Å². The fourth-order valence-corrected chi connectivity index (χ4v) is 1.72. The second-order valence-electron chi connectivity index (χ2n) is 4.06. The Bertz CT molecular complexity index is 521. The lowest BCUT2D eigenvalue weighted by molar-refractivity contribution is 1.14. The van der Waals surface area contributed by atoms with Crippen LogP contribution in [-0.2, 0) is 6.42 Å². The van der Waals surface area contributed by atoms with E-state index < -0.39 is 0 Å². The van der Waals surface area contributed by atoms with Gasteiger partial charge in [0.05, 0.1) is 11.9 Å². The van der Waals surface area contributed by atoms with Crippen LogP contribution in [0.1, 0.15) is 18.1 Å².